The predicted octanol–water partition coefficient (Wildman–Crippen LogP) is 3.20. The molecule has 1 heterocycles. The maximum Gasteiger partial charge on any atom is 0.133 e. The number of hydrogen-bond acceptors (Lipinski definition) is 4. The average molecular weight is 292 g/mol. The minimum atomic E-state index is 0.176. The molecule has 3 rings (SSSR count). The second-order valence-electron chi connectivity index (χ2n) is 6.14. The average Bonchev–Trinajstić information content (AvgIpc) is 2.48. The van der Waals surface area contributed by atoms with Gasteiger partial charge in [-0.2, -0.15) is 0 Å². The maximum absolute atomic E-state index is 6.21. The third-order valence-corrected chi connectivity index (χ3v) is 5.75. The molecule has 3 N–H and O–H groups in total. The molecule has 0 spiro atoms. The molecule has 0 aromatic heterocycles. The van der Waals surface area contributed by atoms with Crippen LogP contribution in [0.15, 0.2) is 29.2 Å². The SMILES string of the molecule is CC1CCCC(C(NN)C2CSc3ccccc3O2)C1. The van der Waals surface area contributed by atoms with Crippen LogP contribution >= 0.6 is 11.8 Å². The number of nitrogens with two attached hydrogens (primary N) is 1. The van der Waals surface area contributed by atoms with E-state index in [2.05, 4.69) is 30.5 Å². The number of hydrazine groups is 1. The Morgan fingerprint density at radius 3 is 3.00 bits per heavy atom. The van der Waals surface area contributed by atoms with Gasteiger partial charge in [-0.3, -0.25) is 11.3 Å². The van der Waals surface area contributed by atoms with Gasteiger partial charge in [0, 0.05) is 10.6 Å². The third-order valence-electron chi connectivity index (χ3n) is 4.61. The van der Waals surface area contributed by atoms with Crippen molar-refractivity contribution in [3.8, 4) is 5.75 Å². The third kappa shape index (κ3) is 2.97. The molecule has 1 aromatic carbocycles. The summed E-state index contributed by atoms with van der Waals surface area (Å²) in [4.78, 5) is 1.25. The normalized spacial score (nSPS) is 31.2. The number of ether oxygens (including phenoxy) is 1. The van der Waals surface area contributed by atoms with E-state index in [0.29, 0.717) is 5.92 Å². The largest absolute Gasteiger partial charge is 0.487 e. The number of hydrogen-bond donors (Lipinski definition) is 2. The van der Waals surface area contributed by atoms with Gasteiger partial charge < -0.3 is 4.74 Å². The number of benzene rings is 1. The molecular weight excluding hydrogens is 268 g/mol. The van der Waals surface area contributed by atoms with Gasteiger partial charge in [0.25, 0.3) is 0 Å². The number of fused-ring (bicyclic) bond motifs is 1. The van der Waals surface area contributed by atoms with E-state index >= 15 is 0 Å². The van der Waals surface area contributed by atoms with Gasteiger partial charge in [-0.25, -0.2) is 0 Å². The molecule has 2 aliphatic rings. The van der Waals surface area contributed by atoms with Crippen LogP contribution in [0.5, 0.6) is 5.75 Å². The van der Waals surface area contributed by atoms with Gasteiger partial charge in [0.15, 0.2) is 0 Å². The van der Waals surface area contributed by atoms with Crippen LogP contribution in [-0.2, 0) is 0 Å². The highest BCUT2D eigenvalue weighted by atomic mass is 32.2. The Hall–Kier alpha value is -0.710. The van der Waals surface area contributed by atoms with Crippen LogP contribution in [0.25, 0.3) is 0 Å². The van der Waals surface area contributed by atoms with Gasteiger partial charge in [0.05, 0.1) is 6.04 Å². The molecule has 4 atom stereocenters. The zero-order valence-corrected chi connectivity index (χ0v) is 12.9. The second-order valence-corrected chi connectivity index (χ2v) is 7.20. The molecule has 0 saturated heterocycles. The highest BCUT2D eigenvalue weighted by Gasteiger charge is 2.35. The molecule has 0 amide bonds. The van der Waals surface area contributed by atoms with Gasteiger partial charge in [0.2, 0.25) is 0 Å². The molecule has 4 heteroatoms. The maximum atomic E-state index is 6.21. The molecular formula is C16H24N2OS. The van der Waals surface area contributed by atoms with E-state index in [-0.39, 0.29) is 12.1 Å². The standard InChI is InChI=1S/C16H24N2OS/c1-11-5-4-6-12(9-11)16(18-17)14-10-20-15-8-3-2-7-13(15)19-14/h2-3,7-8,11-12,14,16,18H,4-6,9-10,17H2,1H3. The number of nitrogens with one attached hydrogen (secondary N) is 1. The lowest BCUT2D eigenvalue weighted by Gasteiger charge is -2.38. The molecule has 3 nitrogen and oxygen atoms in total. The lowest BCUT2D eigenvalue weighted by atomic mass is 9.77. The molecule has 1 saturated carbocycles. The van der Waals surface area contributed by atoms with Crippen molar-refractivity contribution in [3.63, 3.8) is 0 Å². The van der Waals surface area contributed by atoms with Crippen molar-refractivity contribution in [1.29, 1.82) is 0 Å². The van der Waals surface area contributed by atoms with Crippen LogP contribution in [0.4, 0.5) is 0 Å². The zero-order valence-electron chi connectivity index (χ0n) is 12.0. The van der Waals surface area contributed by atoms with Crippen LogP contribution < -0.4 is 16.0 Å². The lowest BCUT2D eigenvalue weighted by molar-refractivity contribution is 0.104. The van der Waals surface area contributed by atoms with Crippen LogP contribution in [0.1, 0.15) is 32.6 Å². The van der Waals surface area contributed by atoms with Crippen molar-refractivity contribution in [1.82, 2.24) is 5.43 Å². The molecule has 20 heavy (non-hydrogen) atoms. The molecule has 0 radical (unpaired) electrons. The van der Waals surface area contributed by atoms with Crippen LogP contribution in [0.2, 0.25) is 0 Å². The minimum absolute atomic E-state index is 0.176. The Labute approximate surface area is 125 Å². The summed E-state index contributed by atoms with van der Waals surface area (Å²) in [6.45, 7) is 2.35. The fourth-order valence-electron chi connectivity index (χ4n) is 3.57. The first kappa shape index (κ1) is 14.2. The second kappa shape index (κ2) is 6.37. The molecule has 4 unspecified atom stereocenters. The molecule has 0 bridgehead atoms. The topological polar surface area (TPSA) is 47.3 Å². The minimum Gasteiger partial charge on any atom is -0.487 e. The van der Waals surface area contributed by atoms with Gasteiger partial charge >= 0.3 is 0 Å². The quantitative estimate of drug-likeness (QED) is 0.663. The molecule has 1 aromatic rings. The van der Waals surface area contributed by atoms with Crippen molar-refractivity contribution in [2.45, 2.75) is 49.6 Å². The van der Waals surface area contributed by atoms with E-state index in [0.717, 1.165) is 17.4 Å². The van der Waals surface area contributed by atoms with E-state index in [9.17, 15) is 0 Å². The summed E-state index contributed by atoms with van der Waals surface area (Å²) in [5.41, 5.74) is 3.05. The van der Waals surface area contributed by atoms with E-state index in [1.165, 1.54) is 30.6 Å². The van der Waals surface area contributed by atoms with Gasteiger partial charge in [-0.15, -0.1) is 11.8 Å². The van der Waals surface area contributed by atoms with Gasteiger partial charge in [-0.05, 0) is 36.8 Å². The fourth-order valence-corrected chi connectivity index (χ4v) is 4.62. The first-order valence-electron chi connectivity index (χ1n) is 7.62. The Balaban J connectivity index is 1.71. The Kier molecular flexibility index (Phi) is 4.54. The highest BCUT2D eigenvalue weighted by Crippen LogP contribution is 2.39. The summed E-state index contributed by atoms with van der Waals surface area (Å²) >= 11 is 1.88. The molecule has 1 aliphatic heterocycles. The van der Waals surface area contributed by atoms with E-state index in [4.69, 9.17) is 10.6 Å². The van der Waals surface area contributed by atoms with Crippen LogP contribution in [0.3, 0.4) is 0 Å². The molecule has 1 aliphatic carbocycles. The van der Waals surface area contributed by atoms with Crippen molar-refractivity contribution in [2.75, 3.05) is 5.75 Å². The lowest BCUT2D eigenvalue weighted by Crippen LogP contribution is -2.53. The van der Waals surface area contributed by atoms with Gasteiger partial charge in [-0.1, -0.05) is 31.9 Å². The van der Waals surface area contributed by atoms with E-state index in [1.54, 1.807) is 0 Å². The van der Waals surface area contributed by atoms with E-state index in [1.807, 2.05) is 17.8 Å². The first-order valence-corrected chi connectivity index (χ1v) is 8.61. The van der Waals surface area contributed by atoms with Gasteiger partial charge in [0.1, 0.15) is 11.9 Å². The summed E-state index contributed by atoms with van der Waals surface area (Å²) in [7, 11) is 0. The summed E-state index contributed by atoms with van der Waals surface area (Å²) in [5.74, 6) is 9.31. The summed E-state index contributed by atoms with van der Waals surface area (Å²) < 4.78 is 6.21. The predicted molar refractivity (Wildman–Crippen MR) is 83.8 cm³/mol. The monoisotopic (exact) mass is 292 g/mol. The van der Waals surface area contributed by atoms with Crippen molar-refractivity contribution >= 4 is 11.8 Å². The van der Waals surface area contributed by atoms with Crippen LogP contribution in [0, 0.1) is 11.8 Å². The number of rotatable bonds is 3. The zero-order chi connectivity index (χ0) is 13.9. The first-order chi connectivity index (χ1) is 9.78. The fraction of sp³-hybridized carbons (Fsp3) is 0.625. The van der Waals surface area contributed by atoms with E-state index < -0.39 is 0 Å². The Morgan fingerprint density at radius 2 is 2.20 bits per heavy atom. The summed E-state index contributed by atoms with van der Waals surface area (Å²) in [6.07, 6.45) is 5.39. The Morgan fingerprint density at radius 1 is 1.35 bits per heavy atom. The van der Waals surface area contributed by atoms with Crippen molar-refractivity contribution < 1.29 is 4.74 Å². The number of thioether (sulfide) groups is 1. The molecule has 110 valence electrons. The van der Waals surface area contributed by atoms with Crippen molar-refractivity contribution in [2.24, 2.45) is 17.7 Å². The summed E-state index contributed by atoms with van der Waals surface area (Å²) in [6, 6.07) is 8.56. The smallest absolute Gasteiger partial charge is 0.133 e. The van der Waals surface area contributed by atoms with Crippen LogP contribution in [-0.4, -0.2) is 17.9 Å². The molecule has 1 fully saturated rings. The number of para-hydroxylation sites is 1. The van der Waals surface area contributed by atoms with Crippen molar-refractivity contribution in [3.05, 3.63) is 24.3 Å². The Bertz CT molecular complexity index is 454. The summed E-state index contributed by atoms with van der Waals surface area (Å²) in [5, 5.41) is 0. The highest BCUT2D eigenvalue weighted by molar-refractivity contribution is 7.99.